The van der Waals surface area contributed by atoms with Crippen LogP contribution in [0, 0.1) is 19.8 Å². The summed E-state index contributed by atoms with van der Waals surface area (Å²) in [5.41, 5.74) is 1.83. The highest BCUT2D eigenvalue weighted by atomic mass is 32.1. The zero-order valence-corrected chi connectivity index (χ0v) is 14.6. The molecule has 0 spiro atoms. The van der Waals surface area contributed by atoms with Gasteiger partial charge in [-0.25, -0.2) is 0 Å². The predicted molar refractivity (Wildman–Crippen MR) is 89.5 cm³/mol. The summed E-state index contributed by atoms with van der Waals surface area (Å²) in [7, 11) is 4.50. The lowest BCUT2D eigenvalue weighted by Crippen LogP contribution is -2.54. The molecule has 1 aromatic rings. The minimum Gasteiger partial charge on any atom is -0.311 e. The Hall–Kier alpha value is -0.380. The van der Waals surface area contributed by atoms with Crippen LogP contribution in [0.2, 0.25) is 0 Å². The molecule has 20 heavy (non-hydrogen) atoms. The molecule has 1 N–H and O–H groups in total. The maximum atomic E-state index is 3.73. The zero-order valence-electron chi connectivity index (χ0n) is 13.8. The van der Waals surface area contributed by atoms with E-state index in [1.165, 1.54) is 41.0 Å². The van der Waals surface area contributed by atoms with Crippen molar-refractivity contribution in [3.8, 4) is 0 Å². The molecule has 1 aliphatic carbocycles. The van der Waals surface area contributed by atoms with Crippen molar-refractivity contribution in [3.05, 3.63) is 21.4 Å². The smallest absolute Gasteiger partial charge is 0.0330 e. The van der Waals surface area contributed by atoms with Gasteiger partial charge < -0.3 is 10.2 Å². The predicted octanol–water partition coefficient (Wildman–Crippen LogP) is 3.97. The van der Waals surface area contributed by atoms with Gasteiger partial charge in [0.1, 0.15) is 0 Å². The van der Waals surface area contributed by atoms with Gasteiger partial charge in [-0.05, 0) is 58.3 Å². The quantitative estimate of drug-likeness (QED) is 0.884. The molecule has 2 atom stereocenters. The van der Waals surface area contributed by atoms with Crippen molar-refractivity contribution in [3.63, 3.8) is 0 Å². The summed E-state index contributed by atoms with van der Waals surface area (Å²) < 4.78 is 0. The number of nitrogens with one attached hydrogen (secondary N) is 1. The van der Waals surface area contributed by atoms with Crippen LogP contribution in [0.25, 0.3) is 0 Å². The van der Waals surface area contributed by atoms with Gasteiger partial charge in [-0.2, -0.15) is 0 Å². The van der Waals surface area contributed by atoms with Gasteiger partial charge in [0.15, 0.2) is 0 Å². The van der Waals surface area contributed by atoms with Crippen molar-refractivity contribution in [1.29, 1.82) is 0 Å². The number of aryl methyl sites for hydroxylation is 2. The summed E-state index contributed by atoms with van der Waals surface area (Å²) in [6, 6.07) is 2.33. The van der Waals surface area contributed by atoms with Crippen LogP contribution in [-0.2, 0) is 6.54 Å². The van der Waals surface area contributed by atoms with Crippen molar-refractivity contribution in [2.24, 2.45) is 5.92 Å². The topological polar surface area (TPSA) is 15.3 Å². The van der Waals surface area contributed by atoms with Crippen LogP contribution >= 0.6 is 11.3 Å². The molecule has 2 nitrogen and oxygen atoms in total. The van der Waals surface area contributed by atoms with Crippen LogP contribution in [0.15, 0.2) is 6.07 Å². The fraction of sp³-hybridized carbons (Fsp3) is 0.765. The van der Waals surface area contributed by atoms with E-state index in [2.05, 4.69) is 51.1 Å². The van der Waals surface area contributed by atoms with Crippen molar-refractivity contribution >= 4 is 11.3 Å². The van der Waals surface area contributed by atoms with E-state index >= 15 is 0 Å². The molecule has 1 aromatic heterocycles. The molecule has 0 amide bonds. The van der Waals surface area contributed by atoms with Gasteiger partial charge in [-0.15, -0.1) is 11.3 Å². The minimum absolute atomic E-state index is 0.358. The molecule has 2 unspecified atom stereocenters. The van der Waals surface area contributed by atoms with E-state index in [4.69, 9.17) is 0 Å². The fourth-order valence-corrected chi connectivity index (χ4v) is 4.59. The summed E-state index contributed by atoms with van der Waals surface area (Å²) in [4.78, 5) is 5.35. The molecule has 2 rings (SSSR count). The summed E-state index contributed by atoms with van der Waals surface area (Å²) in [5.74, 6) is 0.859. The van der Waals surface area contributed by atoms with Crippen LogP contribution in [0.1, 0.15) is 47.9 Å². The van der Waals surface area contributed by atoms with Gasteiger partial charge in [-0.1, -0.05) is 19.8 Å². The lowest BCUT2D eigenvalue weighted by Gasteiger charge is -2.45. The molecule has 0 aliphatic heterocycles. The Morgan fingerprint density at radius 2 is 2.15 bits per heavy atom. The second-order valence-corrected chi connectivity index (χ2v) is 8.32. The molecule has 0 aromatic carbocycles. The van der Waals surface area contributed by atoms with E-state index in [-0.39, 0.29) is 0 Å². The molecule has 0 saturated heterocycles. The Bertz CT molecular complexity index is 438. The molecular formula is C17H30N2S. The number of hydrogen-bond donors (Lipinski definition) is 1. The van der Waals surface area contributed by atoms with E-state index in [9.17, 15) is 0 Å². The number of thiophene rings is 1. The summed E-state index contributed by atoms with van der Waals surface area (Å²) in [6.45, 7) is 8.97. The second kappa shape index (κ2) is 6.59. The Balaban J connectivity index is 1.94. The van der Waals surface area contributed by atoms with E-state index in [1.807, 2.05) is 11.3 Å². The highest BCUT2D eigenvalue weighted by molar-refractivity contribution is 7.12. The van der Waals surface area contributed by atoms with Gasteiger partial charge in [0, 0.05) is 28.4 Å². The third-order valence-corrected chi connectivity index (χ3v) is 5.94. The second-order valence-electron chi connectivity index (χ2n) is 6.86. The van der Waals surface area contributed by atoms with E-state index in [1.54, 1.807) is 0 Å². The maximum absolute atomic E-state index is 3.73. The summed E-state index contributed by atoms with van der Waals surface area (Å²) in [6.07, 6.45) is 5.43. The standard InChI is InChI=1S/C17H30N2S/c1-13-7-6-8-17(10-13,19(4)5)12-18-11-16-9-14(2)20-15(16)3/h9,13,18H,6-8,10-12H2,1-5H3. The number of hydrogen-bond acceptors (Lipinski definition) is 3. The molecule has 1 aliphatic rings. The Kier molecular flexibility index (Phi) is 5.27. The van der Waals surface area contributed by atoms with Crippen LogP contribution < -0.4 is 5.32 Å². The van der Waals surface area contributed by atoms with Crippen molar-refractivity contribution in [2.75, 3.05) is 20.6 Å². The number of nitrogens with zero attached hydrogens (tertiary/aromatic N) is 1. The molecule has 3 heteroatoms. The highest BCUT2D eigenvalue weighted by Gasteiger charge is 2.36. The lowest BCUT2D eigenvalue weighted by molar-refractivity contribution is 0.0749. The average Bonchev–Trinajstić information content (AvgIpc) is 2.68. The van der Waals surface area contributed by atoms with Crippen LogP contribution in [-0.4, -0.2) is 31.1 Å². The van der Waals surface area contributed by atoms with Crippen LogP contribution in [0.3, 0.4) is 0 Å². The fourth-order valence-electron chi connectivity index (χ4n) is 3.65. The third-order valence-electron chi connectivity index (χ3n) is 4.93. The average molecular weight is 295 g/mol. The Morgan fingerprint density at radius 3 is 2.70 bits per heavy atom. The maximum Gasteiger partial charge on any atom is 0.0330 e. The number of rotatable bonds is 5. The van der Waals surface area contributed by atoms with E-state index in [0.717, 1.165) is 19.0 Å². The first-order valence-electron chi connectivity index (χ1n) is 7.87. The SMILES string of the molecule is Cc1cc(CNCC2(N(C)C)CCCC(C)C2)c(C)s1. The number of likely N-dealkylation sites (N-methyl/N-ethyl adjacent to an activating group) is 1. The van der Waals surface area contributed by atoms with Crippen molar-refractivity contribution in [2.45, 2.75) is 58.5 Å². The van der Waals surface area contributed by atoms with E-state index in [0.29, 0.717) is 5.54 Å². The first-order valence-corrected chi connectivity index (χ1v) is 8.69. The normalized spacial score (nSPS) is 27.2. The molecule has 1 heterocycles. The van der Waals surface area contributed by atoms with Gasteiger partial charge >= 0.3 is 0 Å². The first-order chi connectivity index (χ1) is 9.43. The third kappa shape index (κ3) is 3.63. The Morgan fingerprint density at radius 1 is 1.40 bits per heavy atom. The van der Waals surface area contributed by atoms with Gasteiger partial charge in [0.2, 0.25) is 0 Å². The zero-order chi connectivity index (χ0) is 14.8. The largest absolute Gasteiger partial charge is 0.311 e. The molecule has 1 saturated carbocycles. The minimum atomic E-state index is 0.358. The molecule has 1 fully saturated rings. The van der Waals surface area contributed by atoms with Gasteiger partial charge in [0.25, 0.3) is 0 Å². The molecule has 0 radical (unpaired) electrons. The van der Waals surface area contributed by atoms with Crippen LogP contribution in [0.4, 0.5) is 0 Å². The Labute approximate surface area is 128 Å². The first kappa shape index (κ1) is 16.0. The monoisotopic (exact) mass is 294 g/mol. The van der Waals surface area contributed by atoms with Crippen molar-refractivity contribution in [1.82, 2.24) is 10.2 Å². The van der Waals surface area contributed by atoms with Gasteiger partial charge in [-0.3, -0.25) is 0 Å². The molecule has 0 bridgehead atoms. The van der Waals surface area contributed by atoms with Crippen molar-refractivity contribution < 1.29 is 0 Å². The van der Waals surface area contributed by atoms with E-state index < -0.39 is 0 Å². The summed E-state index contributed by atoms with van der Waals surface area (Å²) >= 11 is 1.91. The van der Waals surface area contributed by atoms with Gasteiger partial charge in [0.05, 0.1) is 0 Å². The highest BCUT2D eigenvalue weighted by Crippen LogP contribution is 2.35. The molecule has 114 valence electrons. The summed E-state index contributed by atoms with van der Waals surface area (Å²) in [5, 5.41) is 3.73. The lowest BCUT2D eigenvalue weighted by atomic mass is 9.75. The molecular weight excluding hydrogens is 264 g/mol. The van der Waals surface area contributed by atoms with Crippen LogP contribution in [0.5, 0.6) is 0 Å².